The summed E-state index contributed by atoms with van der Waals surface area (Å²) < 4.78 is 0. The predicted molar refractivity (Wildman–Crippen MR) is 126 cm³/mol. The fourth-order valence-corrected chi connectivity index (χ4v) is 4.61. The largest absolute Gasteiger partial charge is 0.296 e. The number of piperidine rings is 1. The molecule has 4 heteroatoms. The highest BCUT2D eigenvalue weighted by Gasteiger charge is 2.31. The zero-order chi connectivity index (χ0) is 21.3. The Balaban J connectivity index is 1.69. The molecule has 1 fully saturated rings. The quantitative estimate of drug-likeness (QED) is 0.503. The minimum Gasteiger partial charge on any atom is -0.296 e. The van der Waals surface area contributed by atoms with Crippen LogP contribution in [-0.4, -0.2) is 35.2 Å². The Morgan fingerprint density at radius 3 is 2.80 bits per heavy atom. The number of rotatable bonds is 8. The molecule has 4 nitrogen and oxygen atoms in total. The van der Waals surface area contributed by atoms with Gasteiger partial charge >= 0.3 is 0 Å². The molecule has 2 unspecified atom stereocenters. The van der Waals surface area contributed by atoms with Gasteiger partial charge in [0.05, 0.1) is 23.5 Å². The van der Waals surface area contributed by atoms with Crippen LogP contribution in [0.5, 0.6) is 0 Å². The van der Waals surface area contributed by atoms with Crippen LogP contribution < -0.4 is 0 Å². The molecule has 0 aliphatic carbocycles. The van der Waals surface area contributed by atoms with Gasteiger partial charge in [0, 0.05) is 25.2 Å². The van der Waals surface area contributed by atoms with Crippen LogP contribution in [0.4, 0.5) is 0 Å². The standard InChI is InChI=1S/C26H36N4/c1-5-10-21(19-27-3)12-6-13-22-14-7-15-23(29-22)24-16-8-17-25(30(24)4)26-20(2)11-9-18-28-26/h7,9-11,14-15,18-19,24-25H,5-6,8,12-13,16-17H2,1-4H3/b21-10-,27-19?. The van der Waals surface area contributed by atoms with Gasteiger partial charge in [-0.2, -0.15) is 0 Å². The zero-order valence-electron chi connectivity index (χ0n) is 19.0. The van der Waals surface area contributed by atoms with Crippen molar-refractivity contribution in [1.82, 2.24) is 14.9 Å². The van der Waals surface area contributed by atoms with Crippen molar-refractivity contribution < 1.29 is 0 Å². The highest BCUT2D eigenvalue weighted by atomic mass is 15.2. The minimum absolute atomic E-state index is 0.355. The third-order valence-corrected chi connectivity index (χ3v) is 6.13. The van der Waals surface area contributed by atoms with E-state index in [2.05, 4.69) is 61.1 Å². The van der Waals surface area contributed by atoms with Gasteiger partial charge in [-0.1, -0.05) is 25.1 Å². The predicted octanol–water partition coefficient (Wildman–Crippen LogP) is 6.04. The number of aryl methyl sites for hydroxylation is 2. The molecule has 2 atom stereocenters. The SMILES string of the molecule is CC/C=C(\C=NC)CCCc1cccc(C2CCCC(c3ncccc3C)N2C)n1. The molecule has 0 aromatic carbocycles. The average Bonchev–Trinajstić information content (AvgIpc) is 2.75. The van der Waals surface area contributed by atoms with Crippen molar-refractivity contribution in [3.63, 3.8) is 0 Å². The Morgan fingerprint density at radius 1 is 1.20 bits per heavy atom. The molecule has 0 N–H and O–H groups in total. The lowest BCUT2D eigenvalue weighted by Gasteiger charge is -2.39. The molecule has 1 saturated heterocycles. The van der Waals surface area contributed by atoms with Crippen LogP contribution >= 0.6 is 0 Å². The number of allylic oxidation sites excluding steroid dienone is 2. The van der Waals surface area contributed by atoms with E-state index >= 15 is 0 Å². The number of likely N-dealkylation sites (tertiary alicyclic amines) is 1. The molecule has 1 aliphatic rings. The molecular formula is C26H36N4. The molecule has 0 radical (unpaired) electrons. The first kappa shape index (κ1) is 22.4. The molecule has 0 bridgehead atoms. The van der Waals surface area contributed by atoms with Crippen molar-refractivity contribution in [2.45, 2.75) is 70.9 Å². The van der Waals surface area contributed by atoms with E-state index in [1.165, 1.54) is 34.6 Å². The summed E-state index contributed by atoms with van der Waals surface area (Å²) in [6, 6.07) is 11.5. The van der Waals surface area contributed by atoms with Crippen molar-refractivity contribution >= 4 is 6.21 Å². The third-order valence-electron chi connectivity index (χ3n) is 6.13. The first-order valence-corrected chi connectivity index (χ1v) is 11.3. The van der Waals surface area contributed by atoms with Crippen LogP contribution in [0.15, 0.2) is 53.2 Å². The van der Waals surface area contributed by atoms with Crippen molar-refractivity contribution in [3.8, 4) is 0 Å². The summed E-state index contributed by atoms with van der Waals surface area (Å²) in [7, 11) is 4.08. The van der Waals surface area contributed by atoms with Gasteiger partial charge in [-0.3, -0.25) is 19.9 Å². The number of hydrogen-bond donors (Lipinski definition) is 0. The molecule has 160 valence electrons. The Morgan fingerprint density at radius 2 is 2.03 bits per heavy atom. The van der Waals surface area contributed by atoms with Crippen LogP contribution in [0.2, 0.25) is 0 Å². The van der Waals surface area contributed by atoms with Gasteiger partial charge in [0.1, 0.15) is 0 Å². The monoisotopic (exact) mass is 404 g/mol. The second-order valence-electron chi connectivity index (χ2n) is 8.32. The molecule has 0 amide bonds. The smallest absolute Gasteiger partial charge is 0.0604 e. The second kappa shape index (κ2) is 11.2. The van der Waals surface area contributed by atoms with Gasteiger partial charge < -0.3 is 0 Å². The number of hydrogen-bond acceptors (Lipinski definition) is 4. The van der Waals surface area contributed by atoms with Gasteiger partial charge in [-0.15, -0.1) is 0 Å². The summed E-state index contributed by atoms with van der Waals surface area (Å²) in [6.07, 6.45) is 13.9. The first-order valence-electron chi connectivity index (χ1n) is 11.3. The summed E-state index contributed by atoms with van der Waals surface area (Å²) >= 11 is 0. The second-order valence-corrected chi connectivity index (χ2v) is 8.32. The van der Waals surface area contributed by atoms with E-state index in [1.807, 2.05) is 25.5 Å². The van der Waals surface area contributed by atoms with E-state index in [0.717, 1.165) is 38.5 Å². The van der Waals surface area contributed by atoms with E-state index in [-0.39, 0.29) is 0 Å². The summed E-state index contributed by atoms with van der Waals surface area (Å²) in [5.74, 6) is 0. The third kappa shape index (κ3) is 5.63. The molecule has 30 heavy (non-hydrogen) atoms. The summed E-state index contributed by atoms with van der Waals surface area (Å²) in [4.78, 5) is 16.5. The molecule has 3 heterocycles. The lowest BCUT2D eigenvalue weighted by atomic mass is 9.90. The lowest BCUT2D eigenvalue weighted by molar-refractivity contribution is 0.109. The maximum atomic E-state index is 5.07. The van der Waals surface area contributed by atoms with E-state index in [0.29, 0.717) is 12.1 Å². The highest BCUT2D eigenvalue weighted by molar-refractivity contribution is 5.78. The Kier molecular flexibility index (Phi) is 8.32. The van der Waals surface area contributed by atoms with Gasteiger partial charge in [0.2, 0.25) is 0 Å². The molecule has 3 rings (SSSR count). The summed E-state index contributed by atoms with van der Waals surface area (Å²) in [5, 5.41) is 0. The number of aliphatic imine (C=N–C) groups is 1. The minimum atomic E-state index is 0.355. The molecule has 2 aromatic rings. The van der Waals surface area contributed by atoms with Gasteiger partial charge in [0.25, 0.3) is 0 Å². The summed E-state index contributed by atoms with van der Waals surface area (Å²) in [6.45, 7) is 4.35. The molecule has 0 spiro atoms. The Labute approximate surface area is 182 Å². The van der Waals surface area contributed by atoms with Crippen molar-refractivity contribution in [2.75, 3.05) is 14.1 Å². The average molecular weight is 405 g/mol. The Hall–Kier alpha value is -2.33. The molecule has 1 aliphatic heterocycles. The van der Waals surface area contributed by atoms with Crippen LogP contribution in [0, 0.1) is 6.92 Å². The normalized spacial score (nSPS) is 20.7. The van der Waals surface area contributed by atoms with Crippen molar-refractivity contribution in [1.29, 1.82) is 0 Å². The number of aromatic nitrogens is 2. The topological polar surface area (TPSA) is 41.4 Å². The highest BCUT2D eigenvalue weighted by Crippen LogP contribution is 2.39. The van der Waals surface area contributed by atoms with Crippen LogP contribution in [-0.2, 0) is 6.42 Å². The fourth-order valence-electron chi connectivity index (χ4n) is 4.61. The number of pyridine rings is 2. The molecule has 2 aromatic heterocycles. The zero-order valence-corrected chi connectivity index (χ0v) is 19.0. The maximum Gasteiger partial charge on any atom is 0.0604 e. The van der Waals surface area contributed by atoms with Gasteiger partial charge in [0.15, 0.2) is 0 Å². The van der Waals surface area contributed by atoms with Crippen LogP contribution in [0.25, 0.3) is 0 Å². The van der Waals surface area contributed by atoms with E-state index in [9.17, 15) is 0 Å². The molecular weight excluding hydrogens is 368 g/mol. The van der Waals surface area contributed by atoms with Crippen LogP contribution in [0.3, 0.4) is 0 Å². The van der Waals surface area contributed by atoms with Crippen molar-refractivity contribution in [3.05, 3.63) is 70.8 Å². The maximum absolute atomic E-state index is 5.07. The fraction of sp³-hybridized carbons (Fsp3) is 0.500. The van der Waals surface area contributed by atoms with E-state index in [4.69, 9.17) is 9.97 Å². The van der Waals surface area contributed by atoms with Crippen LogP contribution in [0.1, 0.15) is 80.2 Å². The first-order chi connectivity index (χ1) is 14.6. The van der Waals surface area contributed by atoms with E-state index in [1.54, 1.807) is 0 Å². The lowest BCUT2D eigenvalue weighted by Crippen LogP contribution is -2.34. The molecule has 0 saturated carbocycles. The van der Waals surface area contributed by atoms with Crippen molar-refractivity contribution in [2.24, 2.45) is 4.99 Å². The van der Waals surface area contributed by atoms with Gasteiger partial charge in [-0.05, 0) is 88.3 Å². The van der Waals surface area contributed by atoms with Gasteiger partial charge in [-0.25, -0.2) is 0 Å². The van der Waals surface area contributed by atoms with E-state index < -0.39 is 0 Å². The number of nitrogens with zero attached hydrogens (tertiary/aromatic N) is 4. The Bertz CT molecular complexity index is 871. The summed E-state index contributed by atoms with van der Waals surface area (Å²) in [5.41, 5.74) is 6.22.